The Kier molecular flexibility index (Phi) is 4.28. The minimum Gasteiger partial charge on any atom is -0.478 e. The second-order valence-corrected chi connectivity index (χ2v) is 7.64. The van der Waals surface area contributed by atoms with Crippen LogP contribution in [0.25, 0.3) is 10.9 Å². The molecule has 0 saturated carbocycles. The molecule has 6 nitrogen and oxygen atoms in total. The van der Waals surface area contributed by atoms with Crippen molar-refractivity contribution in [2.75, 3.05) is 26.3 Å². The maximum absolute atomic E-state index is 12.8. The topological polar surface area (TPSA) is 67.5 Å². The predicted molar refractivity (Wildman–Crippen MR) is 105 cm³/mol. The predicted octanol–water partition coefficient (Wildman–Crippen LogP) is 3.26. The molecule has 0 unspecified atom stereocenters. The SMILES string of the molecule is O=C(c1cc2ccccc2[nH]1)N1CC2(C1)OCC[C@@H]2CCOc1ccccn1. The zero-order chi connectivity index (χ0) is 19.0. The Hall–Kier alpha value is -2.86. The number of amides is 1. The number of carbonyl (C=O) groups is 1. The van der Waals surface area contributed by atoms with Crippen LogP contribution in [0.2, 0.25) is 0 Å². The number of aromatic nitrogens is 2. The van der Waals surface area contributed by atoms with Crippen molar-refractivity contribution in [2.24, 2.45) is 5.92 Å². The summed E-state index contributed by atoms with van der Waals surface area (Å²) in [7, 11) is 0. The Morgan fingerprint density at radius 3 is 2.93 bits per heavy atom. The van der Waals surface area contributed by atoms with E-state index in [9.17, 15) is 4.79 Å². The zero-order valence-electron chi connectivity index (χ0n) is 15.6. The number of carbonyl (C=O) groups excluding carboxylic acids is 1. The molecule has 0 aliphatic carbocycles. The van der Waals surface area contributed by atoms with E-state index in [-0.39, 0.29) is 11.5 Å². The van der Waals surface area contributed by atoms with Gasteiger partial charge in [-0.1, -0.05) is 24.3 Å². The number of H-pyrrole nitrogens is 1. The molecule has 5 rings (SSSR count). The minimum atomic E-state index is -0.213. The van der Waals surface area contributed by atoms with Crippen LogP contribution in [-0.2, 0) is 4.74 Å². The zero-order valence-corrected chi connectivity index (χ0v) is 15.6. The minimum absolute atomic E-state index is 0.0424. The molecule has 2 aliphatic rings. The Labute approximate surface area is 163 Å². The lowest BCUT2D eigenvalue weighted by Crippen LogP contribution is -2.66. The van der Waals surface area contributed by atoms with Gasteiger partial charge in [-0.2, -0.15) is 0 Å². The number of para-hydroxylation sites is 1. The van der Waals surface area contributed by atoms with Crippen molar-refractivity contribution in [3.63, 3.8) is 0 Å². The normalized spacial score (nSPS) is 20.4. The fourth-order valence-corrected chi connectivity index (χ4v) is 4.38. The summed E-state index contributed by atoms with van der Waals surface area (Å²) >= 11 is 0. The molecule has 28 heavy (non-hydrogen) atoms. The molecule has 1 atom stereocenters. The second kappa shape index (κ2) is 6.95. The fraction of sp³-hybridized carbons (Fsp3) is 0.364. The highest BCUT2D eigenvalue weighted by atomic mass is 16.5. The van der Waals surface area contributed by atoms with Crippen LogP contribution in [0.5, 0.6) is 5.88 Å². The average molecular weight is 377 g/mol. The van der Waals surface area contributed by atoms with Crippen LogP contribution < -0.4 is 4.74 Å². The molecule has 2 saturated heterocycles. The summed E-state index contributed by atoms with van der Waals surface area (Å²) < 4.78 is 11.8. The summed E-state index contributed by atoms with van der Waals surface area (Å²) in [5, 5.41) is 1.06. The highest BCUT2D eigenvalue weighted by Gasteiger charge is 2.54. The average Bonchev–Trinajstić information content (AvgIpc) is 3.31. The van der Waals surface area contributed by atoms with Crippen LogP contribution in [0.4, 0.5) is 0 Å². The maximum atomic E-state index is 12.8. The van der Waals surface area contributed by atoms with E-state index in [1.54, 1.807) is 6.20 Å². The maximum Gasteiger partial charge on any atom is 0.270 e. The summed E-state index contributed by atoms with van der Waals surface area (Å²) in [4.78, 5) is 22.1. The van der Waals surface area contributed by atoms with E-state index < -0.39 is 0 Å². The van der Waals surface area contributed by atoms with E-state index in [1.807, 2.05) is 53.4 Å². The van der Waals surface area contributed by atoms with E-state index >= 15 is 0 Å². The van der Waals surface area contributed by atoms with Gasteiger partial charge in [0.1, 0.15) is 11.3 Å². The van der Waals surface area contributed by atoms with E-state index in [2.05, 4.69) is 9.97 Å². The Morgan fingerprint density at radius 2 is 2.11 bits per heavy atom. The number of nitrogens with zero attached hydrogens (tertiary/aromatic N) is 2. The summed E-state index contributed by atoms with van der Waals surface area (Å²) in [6.07, 6.45) is 3.65. The van der Waals surface area contributed by atoms with Crippen molar-refractivity contribution in [3.05, 3.63) is 60.4 Å². The van der Waals surface area contributed by atoms with Gasteiger partial charge in [-0.05, 0) is 37.0 Å². The van der Waals surface area contributed by atoms with Crippen LogP contribution in [0.1, 0.15) is 23.3 Å². The lowest BCUT2D eigenvalue weighted by molar-refractivity contribution is -0.119. The summed E-state index contributed by atoms with van der Waals surface area (Å²) in [6.45, 7) is 2.66. The summed E-state index contributed by atoms with van der Waals surface area (Å²) in [5.41, 5.74) is 1.42. The van der Waals surface area contributed by atoms with Crippen molar-refractivity contribution in [2.45, 2.75) is 18.4 Å². The number of fused-ring (bicyclic) bond motifs is 1. The van der Waals surface area contributed by atoms with Gasteiger partial charge in [0, 0.05) is 29.8 Å². The van der Waals surface area contributed by atoms with E-state index in [1.165, 1.54) is 0 Å². The van der Waals surface area contributed by atoms with Gasteiger partial charge in [-0.25, -0.2) is 4.98 Å². The van der Waals surface area contributed by atoms with Crippen LogP contribution >= 0.6 is 0 Å². The molecule has 3 aromatic rings. The molecule has 1 amide bonds. The number of hydrogen-bond donors (Lipinski definition) is 1. The van der Waals surface area contributed by atoms with Crippen LogP contribution in [0.15, 0.2) is 54.7 Å². The number of hydrogen-bond acceptors (Lipinski definition) is 4. The molecule has 4 heterocycles. The third-order valence-electron chi connectivity index (χ3n) is 5.92. The number of aromatic amines is 1. The molecule has 1 aromatic carbocycles. The van der Waals surface area contributed by atoms with Crippen molar-refractivity contribution < 1.29 is 14.3 Å². The third-order valence-corrected chi connectivity index (χ3v) is 5.92. The summed E-state index contributed by atoms with van der Waals surface area (Å²) in [5.74, 6) is 1.10. The van der Waals surface area contributed by atoms with Gasteiger partial charge in [0.25, 0.3) is 5.91 Å². The number of rotatable bonds is 5. The molecule has 0 bridgehead atoms. The quantitative estimate of drug-likeness (QED) is 0.741. The molecule has 1 N–H and O–H groups in total. The van der Waals surface area contributed by atoms with Crippen molar-refractivity contribution in [1.29, 1.82) is 0 Å². The first kappa shape index (κ1) is 17.3. The molecular weight excluding hydrogens is 354 g/mol. The molecule has 0 radical (unpaired) electrons. The van der Waals surface area contributed by atoms with E-state index in [0.29, 0.717) is 37.2 Å². The molecule has 1 spiro atoms. The Morgan fingerprint density at radius 1 is 1.25 bits per heavy atom. The number of likely N-dealkylation sites (tertiary alicyclic amines) is 1. The summed E-state index contributed by atoms with van der Waals surface area (Å²) in [6, 6.07) is 15.5. The first-order chi connectivity index (χ1) is 13.7. The number of benzene rings is 1. The van der Waals surface area contributed by atoms with Crippen molar-refractivity contribution in [3.8, 4) is 5.88 Å². The Balaban J connectivity index is 1.19. The first-order valence-electron chi connectivity index (χ1n) is 9.78. The van der Waals surface area contributed by atoms with Crippen molar-refractivity contribution >= 4 is 16.8 Å². The van der Waals surface area contributed by atoms with Gasteiger partial charge in [0.05, 0.1) is 19.7 Å². The monoisotopic (exact) mass is 377 g/mol. The first-order valence-corrected chi connectivity index (χ1v) is 9.78. The molecule has 2 aromatic heterocycles. The van der Waals surface area contributed by atoms with Crippen LogP contribution in [0.3, 0.4) is 0 Å². The van der Waals surface area contributed by atoms with Crippen molar-refractivity contribution in [1.82, 2.24) is 14.9 Å². The van der Waals surface area contributed by atoms with E-state index in [0.717, 1.165) is 30.4 Å². The third kappa shape index (κ3) is 3.03. The van der Waals surface area contributed by atoms with Crippen LogP contribution in [-0.4, -0.2) is 52.7 Å². The molecule has 2 aliphatic heterocycles. The van der Waals surface area contributed by atoms with Gasteiger partial charge < -0.3 is 19.4 Å². The largest absolute Gasteiger partial charge is 0.478 e. The van der Waals surface area contributed by atoms with Gasteiger partial charge >= 0.3 is 0 Å². The van der Waals surface area contributed by atoms with Gasteiger partial charge in [-0.3, -0.25) is 4.79 Å². The second-order valence-electron chi connectivity index (χ2n) is 7.64. The highest BCUT2D eigenvalue weighted by molar-refractivity contribution is 5.98. The van der Waals surface area contributed by atoms with Gasteiger partial charge in [-0.15, -0.1) is 0 Å². The van der Waals surface area contributed by atoms with Gasteiger partial charge in [0.15, 0.2) is 0 Å². The highest BCUT2D eigenvalue weighted by Crippen LogP contribution is 2.42. The van der Waals surface area contributed by atoms with Gasteiger partial charge in [0.2, 0.25) is 5.88 Å². The molecule has 2 fully saturated rings. The number of nitrogens with one attached hydrogen (secondary N) is 1. The fourth-order valence-electron chi connectivity index (χ4n) is 4.38. The number of pyridine rings is 1. The van der Waals surface area contributed by atoms with E-state index in [4.69, 9.17) is 9.47 Å². The Bertz CT molecular complexity index is 946. The van der Waals surface area contributed by atoms with Crippen LogP contribution in [0, 0.1) is 5.92 Å². The molecule has 6 heteroatoms. The molecular formula is C22H23N3O3. The smallest absolute Gasteiger partial charge is 0.270 e. The number of ether oxygens (including phenoxy) is 2. The standard InChI is InChI=1S/C22H23N3O3/c26-21(19-13-16-5-1-2-6-18(16)24-19)25-14-22(15-25)17(9-12-28-22)8-11-27-20-7-3-4-10-23-20/h1-7,10,13,17,24H,8-9,11-12,14-15H2/t17-/m0/s1. The lowest BCUT2D eigenvalue weighted by atomic mass is 9.79. The molecule has 144 valence electrons. The lowest BCUT2D eigenvalue weighted by Gasteiger charge is -2.50.